The number of aliphatic hydroxyl groups is 1. The van der Waals surface area contributed by atoms with Crippen molar-refractivity contribution in [2.45, 2.75) is 32.2 Å². The maximum absolute atomic E-state index is 10.2. The molecular weight excluding hydrogens is 294 g/mol. The highest BCUT2D eigenvalue weighted by Gasteiger charge is 2.32. The van der Waals surface area contributed by atoms with Crippen LogP contribution in [0.15, 0.2) is 18.6 Å². The second-order valence-electron chi connectivity index (χ2n) is 6.04. The number of hydrogen-bond acceptors (Lipinski definition) is 7. The molecule has 1 saturated heterocycles. The van der Waals surface area contributed by atoms with Crippen LogP contribution < -0.4 is 15.6 Å². The fourth-order valence-corrected chi connectivity index (χ4v) is 3.36. The van der Waals surface area contributed by atoms with Gasteiger partial charge in [0, 0.05) is 44.5 Å². The molecule has 1 fully saturated rings. The summed E-state index contributed by atoms with van der Waals surface area (Å²) in [6.07, 6.45) is 2.86. The minimum Gasteiger partial charge on any atom is -0.391 e. The molecule has 0 radical (unpaired) electrons. The predicted molar refractivity (Wildman–Crippen MR) is 85.2 cm³/mol. The van der Waals surface area contributed by atoms with Crippen molar-refractivity contribution in [3.05, 3.63) is 29.8 Å². The first-order valence-corrected chi connectivity index (χ1v) is 7.99. The van der Waals surface area contributed by atoms with Crippen LogP contribution in [0.2, 0.25) is 0 Å². The lowest BCUT2D eigenvalue weighted by molar-refractivity contribution is 0.135. The van der Waals surface area contributed by atoms with Crippen molar-refractivity contribution in [2.75, 3.05) is 24.6 Å². The maximum atomic E-state index is 10.2. The van der Waals surface area contributed by atoms with Gasteiger partial charge in [-0.05, 0) is 13.0 Å². The number of aromatic nitrogens is 4. The summed E-state index contributed by atoms with van der Waals surface area (Å²) in [5, 5.41) is 23.8. The number of aliphatic hydroxyl groups excluding tert-OH is 1. The van der Waals surface area contributed by atoms with Crippen molar-refractivity contribution in [2.24, 2.45) is 0 Å². The van der Waals surface area contributed by atoms with Gasteiger partial charge in [-0.3, -0.25) is 5.01 Å². The molecule has 0 bridgehead atoms. The first-order chi connectivity index (χ1) is 11.3. The van der Waals surface area contributed by atoms with E-state index >= 15 is 0 Å². The van der Waals surface area contributed by atoms with Gasteiger partial charge in [0.05, 0.1) is 23.5 Å². The SMILES string of the molecule is CC(O)C1CNCCN1n1nc2c(c1-c1ccncn1)CNC2. The molecule has 3 N–H and O–H groups in total. The van der Waals surface area contributed by atoms with E-state index in [0.29, 0.717) is 0 Å². The number of fused-ring (bicyclic) bond motifs is 1. The first-order valence-electron chi connectivity index (χ1n) is 7.99. The van der Waals surface area contributed by atoms with Gasteiger partial charge in [0.15, 0.2) is 0 Å². The Bertz CT molecular complexity index is 685. The molecule has 0 aliphatic carbocycles. The van der Waals surface area contributed by atoms with E-state index in [1.165, 1.54) is 5.56 Å². The molecule has 2 aliphatic heterocycles. The molecule has 2 aromatic rings. The first kappa shape index (κ1) is 14.6. The Morgan fingerprint density at radius 1 is 1.35 bits per heavy atom. The summed E-state index contributed by atoms with van der Waals surface area (Å²) < 4.78 is 0. The van der Waals surface area contributed by atoms with Crippen LogP contribution in [0.5, 0.6) is 0 Å². The lowest BCUT2D eigenvalue weighted by atomic mass is 10.1. The largest absolute Gasteiger partial charge is 0.391 e. The van der Waals surface area contributed by atoms with Crippen LogP contribution in [-0.2, 0) is 13.1 Å². The zero-order chi connectivity index (χ0) is 15.8. The van der Waals surface area contributed by atoms with Gasteiger partial charge in [-0.2, -0.15) is 9.89 Å². The fraction of sp³-hybridized carbons (Fsp3) is 0.533. The highest BCUT2D eigenvalue weighted by Crippen LogP contribution is 2.28. The lowest BCUT2D eigenvalue weighted by Gasteiger charge is -2.39. The van der Waals surface area contributed by atoms with Crippen LogP contribution in [0, 0.1) is 0 Å². The summed E-state index contributed by atoms with van der Waals surface area (Å²) in [5.74, 6) is 0. The van der Waals surface area contributed by atoms with E-state index in [1.807, 2.05) is 17.8 Å². The number of nitrogens with one attached hydrogen (secondary N) is 2. The fourth-order valence-electron chi connectivity index (χ4n) is 3.36. The summed E-state index contributed by atoms with van der Waals surface area (Å²) in [6, 6.07) is 1.89. The van der Waals surface area contributed by atoms with E-state index in [0.717, 1.165) is 49.8 Å². The number of rotatable bonds is 3. The third kappa shape index (κ3) is 2.48. The molecule has 4 heterocycles. The van der Waals surface area contributed by atoms with Crippen LogP contribution in [0.3, 0.4) is 0 Å². The van der Waals surface area contributed by atoms with Gasteiger partial charge >= 0.3 is 0 Å². The topological polar surface area (TPSA) is 91.1 Å². The van der Waals surface area contributed by atoms with Crippen LogP contribution in [0.1, 0.15) is 18.2 Å². The van der Waals surface area contributed by atoms with Gasteiger partial charge in [0.25, 0.3) is 0 Å². The summed E-state index contributed by atoms with van der Waals surface area (Å²) in [5.41, 5.74) is 4.10. The van der Waals surface area contributed by atoms with Crippen LogP contribution in [-0.4, -0.2) is 56.7 Å². The van der Waals surface area contributed by atoms with Crippen LogP contribution in [0.4, 0.5) is 0 Å². The van der Waals surface area contributed by atoms with Gasteiger partial charge in [0.2, 0.25) is 0 Å². The van der Waals surface area contributed by atoms with E-state index < -0.39 is 6.10 Å². The molecule has 122 valence electrons. The molecule has 0 aromatic carbocycles. The quantitative estimate of drug-likeness (QED) is 0.685. The third-order valence-corrected chi connectivity index (χ3v) is 4.52. The number of hydrogen-bond donors (Lipinski definition) is 3. The standard InChI is InChI=1S/C15H21N7O/c1-10(23)14-8-16-4-5-21(14)22-15(12-2-3-17-9-19-12)11-6-18-7-13(11)20-22/h2-3,9-10,14,16,18,23H,4-8H2,1H3. The normalized spacial score (nSPS) is 22.2. The maximum Gasteiger partial charge on any atom is 0.116 e. The third-order valence-electron chi connectivity index (χ3n) is 4.52. The molecule has 8 nitrogen and oxygen atoms in total. The van der Waals surface area contributed by atoms with Gasteiger partial charge in [-0.25, -0.2) is 9.97 Å². The van der Waals surface area contributed by atoms with Gasteiger partial charge in [-0.15, -0.1) is 0 Å². The molecule has 2 atom stereocenters. The van der Waals surface area contributed by atoms with E-state index in [4.69, 9.17) is 5.10 Å². The minimum absolute atomic E-state index is 0.0164. The Morgan fingerprint density at radius 3 is 3.04 bits per heavy atom. The Balaban J connectivity index is 1.82. The Hall–Kier alpha value is -2.03. The Morgan fingerprint density at radius 2 is 2.26 bits per heavy atom. The highest BCUT2D eigenvalue weighted by atomic mass is 16.3. The predicted octanol–water partition coefficient (Wildman–Crippen LogP) is -0.766. The minimum atomic E-state index is -0.446. The van der Waals surface area contributed by atoms with Gasteiger partial charge in [-0.1, -0.05) is 0 Å². The Kier molecular flexibility index (Phi) is 3.72. The average molecular weight is 315 g/mol. The number of nitrogens with zero attached hydrogens (tertiary/aromatic N) is 5. The number of piperazine rings is 1. The van der Waals surface area contributed by atoms with Gasteiger partial charge in [0.1, 0.15) is 12.0 Å². The zero-order valence-electron chi connectivity index (χ0n) is 13.1. The smallest absolute Gasteiger partial charge is 0.116 e. The molecule has 8 heteroatoms. The summed E-state index contributed by atoms with van der Waals surface area (Å²) in [6.45, 7) is 5.79. The molecule has 0 saturated carbocycles. The van der Waals surface area contributed by atoms with E-state index in [-0.39, 0.29) is 6.04 Å². The molecule has 4 rings (SSSR count). The molecular formula is C15H21N7O. The second kappa shape index (κ2) is 5.88. The molecule has 2 aromatic heterocycles. The van der Waals surface area contributed by atoms with Crippen molar-refractivity contribution >= 4 is 0 Å². The summed E-state index contributed by atoms with van der Waals surface area (Å²) in [7, 11) is 0. The van der Waals surface area contributed by atoms with Crippen molar-refractivity contribution < 1.29 is 5.11 Å². The molecule has 23 heavy (non-hydrogen) atoms. The van der Waals surface area contributed by atoms with E-state index in [1.54, 1.807) is 12.5 Å². The van der Waals surface area contributed by atoms with Crippen molar-refractivity contribution in [1.29, 1.82) is 0 Å². The molecule has 0 spiro atoms. The zero-order valence-corrected chi connectivity index (χ0v) is 13.1. The van der Waals surface area contributed by atoms with E-state index in [2.05, 4.69) is 25.6 Å². The van der Waals surface area contributed by atoms with Crippen molar-refractivity contribution in [3.63, 3.8) is 0 Å². The highest BCUT2D eigenvalue weighted by molar-refractivity contribution is 5.61. The van der Waals surface area contributed by atoms with Gasteiger partial charge < -0.3 is 15.7 Å². The van der Waals surface area contributed by atoms with Crippen LogP contribution >= 0.6 is 0 Å². The molecule has 2 unspecified atom stereocenters. The van der Waals surface area contributed by atoms with Crippen molar-refractivity contribution in [3.8, 4) is 11.4 Å². The van der Waals surface area contributed by atoms with Crippen molar-refractivity contribution in [1.82, 2.24) is 30.5 Å². The molecule has 2 aliphatic rings. The monoisotopic (exact) mass is 315 g/mol. The average Bonchev–Trinajstić information content (AvgIpc) is 3.16. The summed E-state index contributed by atoms with van der Waals surface area (Å²) >= 11 is 0. The van der Waals surface area contributed by atoms with E-state index in [9.17, 15) is 5.11 Å². The molecule has 0 amide bonds. The lowest BCUT2D eigenvalue weighted by Crippen LogP contribution is -2.60. The van der Waals surface area contributed by atoms with Crippen LogP contribution in [0.25, 0.3) is 11.4 Å². The second-order valence-corrected chi connectivity index (χ2v) is 6.04. The Labute approximate surface area is 134 Å². The summed E-state index contributed by atoms with van der Waals surface area (Å²) in [4.78, 5) is 10.4.